The number of hydrogen-bond acceptors (Lipinski definition) is 4. The first-order chi connectivity index (χ1) is 9.15. The Hall–Kier alpha value is -2.43. The van der Waals surface area contributed by atoms with Crippen LogP contribution < -0.4 is 0 Å². The van der Waals surface area contributed by atoms with E-state index in [1.807, 2.05) is 0 Å². The van der Waals surface area contributed by atoms with Crippen LogP contribution in [-0.4, -0.2) is 22.8 Å². The second kappa shape index (κ2) is 5.48. The summed E-state index contributed by atoms with van der Waals surface area (Å²) in [6.45, 7) is 3.54. The van der Waals surface area contributed by atoms with Crippen molar-refractivity contribution in [1.82, 2.24) is 5.06 Å². The maximum absolute atomic E-state index is 11.9. The summed E-state index contributed by atoms with van der Waals surface area (Å²) in [5, 5.41) is 0.529. The van der Waals surface area contributed by atoms with Gasteiger partial charge in [0, 0.05) is 6.42 Å². The van der Waals surface area contributed by atoms with Gasteiger partial charge in [-0.25, -0.2) is 4.79 Å². The van der Waals surface area contributed by atoms with Crippen molar-refractivity contribution in [1.29, 1.82) is 0 Å². The minimum absolute atomic E-state index is 0.138. The van der Waals surface area contributed by atoms with Gasteiger partial charge in [0.25, 0.3) is 11.8 Å². The molecule has 0 radical (unpaired) electrons. The topological polar surface area (TPSA) is 63.7 Å². The summed E-state index contributed by atoms with van der Waals surface area (Å²) in [6, 6.07) is 6.36. The Balaban J connectivity index is 2.04. The SMILES string of the molecule is C=CCCCC(=O)ON1C(=O)c2ccccc2C1=O. The summed E-state index contributed by atoms with van der Waals surface area (Å²) in [7, 11) is 0. The van der Waals surface area contributed by atoms with Crippen LogP contribution in [0.5, 0.6) is 0 Å². The lowest BCUT2D eigenvalue weighted by Crippen LogP contribution is -2.32. The van der Waals surface area contributed by atoms with E-state index in [0.717, 1.165) is 0 Å². The zero-order valence-electron chi connectivity index (χ0n) is 10.3. The van der Waals surface area contributed by atoms with E-state index in [9.17, 15) is 14.4 Å². The maximum atomic E-state index is 11.9. The average molecular weight is 259 g/mol. The lowest BCUT2D eigenvalue weighted by molar-refractivity contribution is -0.168. The lowest BCUT2D eigenvalue weighted by Gasteiger charge is -2.12. The molecule has 1 aliphatic rings. The number of benzene rings is 1. The van der Waals surface area contributed by atoms with E-state index < -0.39 is 17.8 Å². The van der Waals surface area contributed by atoms with Crippen molar-refractivity contribution >= 4 is 17.8 Å². The molecule has 0 unspecified atom stereocenters. The Morgan fingerprint density at radius 3 is 2.32 bits per heavy atom. The van der Waals surface area contributed by atoms with E-state index >= 15 is 0 Å². The van der Waals surface area contributed by atoms with Crippen LogP contribution in [0.25, 0.3) is 0 Å². The fourth-order valence-electron chi connectivity index (χ4n) is 1.79. The van der Waals surface area contributed by atoms with E-state index in [1.54, 1.807) is 18.2 Å². The lowest BCUT2D eigenvalue weighted by atomic mass is 10.1. The normalized spacial score (nSPS) is 13.4. The number of amides is 2. The fraction of sp³-hybridized carbons (Fsp3) is 0.214. The molecule has 2 rings (SSSR count). The van der Waals surface area contributed by atoms with Crippen molar-refractivity contribution in [3.8, 4) is 0 Å². The summed E-state index contributed by atoms with van der Waals surface area (Å²) < 4.78 is 0. The average Bonchev–Trinajstić information content (AvgIpc) is 2.65. The second-order valence-electron chi connectivity index (χ2n) is 4.09. The molecule has 0 aliphatic carbocycles. The number of rotatable bonds is 5. The third-order valence-corrected chi connectivity index (χ3v) is 2.74. The van der Waals surface area contributed by atoms with Gasteiger partial charge < -0.3 is 4.84 Å². The Labute approximate surface area is 110 Å². The van der Waals surface area contributed by atoms with Gasteiger partial charge in [-0.05, 0) is 25.0 Å². The standard InChI is InChI=1S/C14H13NO4/c1-2-3-4-9-12(16)19-15-13(17)10-7-5-6-8-11(10)14(15)18/h2,5-8H,1,3-4,9H2. The maximum Gasteiger partial charge on any atom is 0.333 e. The van der Waals surface area contributed by atoms with E-state index in [-0.39, 0.29) is 17.5 Å². The van der Waals surface area contributed by atoms with Crippen LogP contribution >= 0.6 is 0 Å². The van der Waals surface area contributed by atoms with Gasteiger partial charge in [-0.2, -0.15) is 0 Å². The number of allylic oxidation sites excluding steroid dienone is 1. The van der Waals surface area contributed by atoms with Gasteiger partial charge in [0.15, 0.2) is 0 Å². The first-order valence-corrected chi connectivity index (χ1v) is 5.94. The van der Waals surface area contributed by atoms with Gasteiger partial charge in [-0.3, -0.25) is 9.59 Å². The number of carbonyl (C=O) groups is 3. The Bertz CT molecular complexity index is 515. The van der Waals surface area contributed by atoms with Gasteiger partial charge in [-0.1, -0.05) is 23.3 Å². The molecule has 0 fully saturated rings. The summed E-state index contributed by atoms with van der Waals surface area (Å²) in [5.74, 6) is -1.80. The fourth-order valence-corrected chi connectivity index (χ4v) is 1.79. The molecule has 19 heavy (non-hydrogen) atoms. The minimum Gasteiger partial charge on any atom is -0.330 e. The van der Waals surface area contributed by atoms with Gasteiger partial charge in [0.1, 0.15) is 0 Å². The van der Waals surface area contributed by atoms with Crippen LogP contribution in [-0.2, 0) is 9.63 Å². The number of fused-ring (bicyclic) bond motifs is 1. The van der Waals surface area contributed by atoms with Crippen LogP contribution in [0.1, 0.15) is 40.0 Å². The van der Waals surface area contributed by atoms with Crippen molar-refractivity contribution in [2.45, 2.75) is 19.3 Å². The molecule has 0 saturated heterocycles. The summed E-state index contributed by atoms with van der Waals surface area (Å²) in [5.41, 5.74) is 0.512. The van der Waals surface area contributed by atoms with Crippen molar-refractivity contribution in [2.24, 2.45) is 0 Å². The van der Waals surface area contributed by atoms with Crippen LogP contribution in [0.4, 0.5) is 0 Å². The Kier molecular flexibility index (Phi) is 3.75. The summed E-state index contributed by atoms with van der Waals surface area (Å²) >= 11 is 0. The Morgan fingerprint density at radius 2 is 1.79 bits per heavy atom. The van der Waals surface area contributed by atoms with Crippen LogP contribution in [0, 0.1) is 0 Å². The molecular formula is C14H13NO4. The van der Waals surface area contributed by atoms with E-state index in [2.05, 4.69) is 6.58 Å². The molecule has 5 heteroatoms. The summed E-state index contributed by atoms with van der Waals surface area (Å²) in [6.07, 6.45) is 3.08. The highest BCUT2D eigenvalue weighted by atomic mass is 16.7. The van der Waals surface area contributed by atoms with Crippen molar-refractivity contribution in [3.05, 3.63) is 48.0 Å². The van der Waals surface area contributed by atoms with Crippen LogP contribution in [0.15, 0.2) is 36.9 Å². The highest BCUT2D eigenvalue weighted by molar-refractivity contribution is 6.20. The third kappa shape index (κ3) is 2.54. The van der Waals surface area contributed by atoms with Crippen molar-refractivity contribution < 1.29 is 19.2 Å². The monoisotopic (exact) mass is 259 g/mol. The largest absolute Gasteiger partial charge is 0.333 e. The molecule has 0 spiro atoms. The molecule has 1 aromatic rings. The first kappa shape index (κ1) is 13.0. The molecule has 1 aromatic carbocycles. The minimum atomic E-state index is -0.601. The molecule has 0 atom stereocenters. The zero-order chi connectivity index (χ0) is 13.8. The zero-order valence-corrected chi connectivity index (χ0v) is 10.3. The first-order valence-electron chi connectivity index (χ1n) is 5.94. The van der Waals surface area contributed by atoms with Crippen molar-refractivity contribution in [2.75, 3.05) is 0 Å². The summed E-state index contributed by atoms with van der Waals surface area (Å²) in [4.78, 5) is 40.1. The molecule has 0 N–H and O–H groups in total. The molecule has 0 aromatic heterocycles. The van der Waals surface area contributed by atoms with E-state index in [1.165, 1.54) is 12.1 Å². The predicted molar refractivity (Wildman–Crippen MR) is 67.1 cm³/mol. The number of nitrogens with zero attached hydrogens (tertiary/aromatic N) is 1. The number of carbonyl (C=O) groups excluding carboxylic acids is 3. The van der Waals surface area contributed by atoms with E-state index in [0.29, 0.717) is 17.9 Å². The smallest absolute Gasteiger partial charge is 0.330 e. The van der Waals surface area contributed by atoms with Crippen LogP contribution in [0.2, 0.25) is 0 Å². The Morgan fingerprint density at radius 1 is 1.21 bits per heavy atom. The molecule has 2 amide bonds. The molecule has 1 aliphatic heterocycles. The van der Waals surface area contributed by atoms with E-state index in [4.69, 9.17) is 4.84 Å². The van der Waals surface area contributed by atoms with Gasteiger partial charge >= 0.3 is 5.97 Å². The molecule has 5 nitrogen and oxygen atoms in total. The van der Waals surface area contributed by atoms with Gasteiger partial charge in [0.2, 0.25) is 0 Å². The molecule has 1 heterocycles. The highest BCUT2D eigenvalue weighted by Crippen LogP contribution is 2.22. The number of hydroxylamine groups is 2. The number of imide groups is 1. The molecule has 0 bridgehead atoms. The highest BCUT2D eigenvalue weighted by Gasteiger charge is 2.38. The third-order valence-electron chi connectivity index (χ3n) is 2.74. The predicted octanol–water partition coefficient (Wildman–Crippen LogP) is 2.10. The molecule has 98 valence electrons. The van der Waals surface area contributed by atoms with Crippen LogP contribution in [0.3, 0.4) is 0 Å². The quantitative estimate of drug-likeness (QED) is 0.461. The molecular weight excluding hydrogens is 246 g/mol. The number of hydrogen-bond donors (Lipinski definition) is 0. The van der Waals surface area contributed by atoms with Gasteiger partial charge in [0.05, 0.1) is 11.1 Å². The molecule has 0 saturated carbocycles. The number of unbranched alkanes of at least 4 members (excludes halogenated alkanes) is 1. The van der Waals surface area contributed by atoms with Gasteiger partial charge in [-0.15, -0.1) is 6.58 Å². The second-order valence-corrected chi connectivity index (χ2v) is 4.09. The van der Waals surface area contributed by atoms with Crippen molar-refractivity contribution in [3.63, 3.8) is 0 Å².